The second-order valence-corrected chi connectivity index (χ2v) is 6.84. The zero-order valence-corrected chi connectivity index (χ0v) is 15.2. The van der Waals surface area contributed by atoms with Crippen LogP contribution < -0.4 is 5.73 Å². The fraction of sp³-hybridized carbons (Fsp3) is 0.471. The largest absolute Gasteiger partial charge is 0.451 e. The van der Waals surface area contributed by atoms with Crippen molar-refractivity contribution in [1.82, 2.24) is 19.7 Å². The second-order valence-electron chi connectivity index (χ2n) is 6.84. The lowest BCUT2D eigenvalue weighted by molar-refractivity contribution is -0.148. The molecule has 12 heteroatoms. The number of hydrogen-bond acceptors (Lipinski definition) is 4. The third-order valence-electron chi connectivity index (χ3n) is 4.73. The van der Waals surface area contributed by atoms with Crippen LogP contribution in [-0.2, 0) is 30.5 Å². The van der Waals surface area contributed by atoms with Crippen molar-refractivity contribution in [2.75, 3.05) is 6.54 Å². The summed E-state index contributed by atoms with van der Waals surface area (Å²) in [5.41, 5.74) is 5.23. The zero-order chi connectivity index (χ0) is 21.5. The maximum absolute atomic E-state index is 14.1. The number of nitrogens with two attached hydrogens (primary N) is 1. The number of nitrogens with zero attached hydrogens (tertiary/aromatic N) is 4. The molecule has 1 aromatic heterocycles. The standard InChI is InChI=1S/C17H17F6N5O/c1-8-14(19)9(5-11(18)15(8)20)4-10(24)6-13(29)27-2-3-28-12(7-27)25-26-16(28)17(21,22)23/h5,10H,2-4,6-7,24H2,1H3/t10-/m1/s1. The first-order valence-electron chi connectivity index (χ1n) is 8.64. The second kappa shape index (κ2) is 7.65. The van der Waals surface area contributed by atoms with Crippen molar-refractivity contribution in [3.63, 3.8) is 0 Å². The summed E-state index contributed by atoms with van der Waals surface area (Å²) in [6.07, 6.45) is -5.11. The van der Waals surface area contributed by atoms with E-state index >= 15 is 0 Å². The van der Waals surface area contributed by atoms with Crippen molar-refractivity contribution in [3.05, 3.63) is 46.3 Å². The van der Waals surface area contributed by atoms with Crippen molar-refractivity contribution in [1.29, 1.82) is 0 Å². The fourth-order valence-corrected chi connectivity index (χ4v) is 3.23. The summed E-state index contributed by atoms with van der Waals surface area (Å²) in [6.45, 7) is 0.785. The normalized spacial score (nSPS) is 15.4. The Balaban J connectivity index is 1.65. The van der Waals surface area contributed by atoms with Crippen LogP contribution in [-0.4, -0.2) is 38.2 Å². The fourth-order valence-electron chi connectivity index (χ4n) is 3.23. The Kier molecular flexibility index (Phi) is 5.57. The molecule has 29 heavy (non-hydrogen) atoms. The van der Waals surface area contributed by atoms with Crippen LogP contribution in [0.2, 0.25) is 0 Å². The van der Waals surface area contributed by atoms with Gasteiger partial charge in [0.1, 0.15) is 5.82 Å². The molecule has 3 rings (SSSR count). The van der Waals surface area contributed by atoms with Gasteiger partial charge in [-0.3, -0.25) is 4.79 Å². The Bertz CT molecular complexity index is 941. The minimum absolute atomic E-state index is 0.00167. The molecule has 0 saturated heterocycles. The van der Waals surface area contributed by atoms with Crippen LogP contribution in [0, 0.1) is 24.4 Å². The average molecular weight is 421 g/mol. The number of halogens is 6. The molecule has 0 unspecified atom stereocenters. The molecule has 1 atom stereocenters. The van der Waals surface area contributed by atoms with E-state index in [4.69, 9.17) is 5.73 Å². The highest BCUT2D eigenvalue weighted by molar-refractivity contribution is 5.76. The van der Waals surface area contributed by atoms with Gasteiger partial charge in [-0.2, -0.15) is 13.2 Å². The molecule has 0 spiro atoms. The third-order valence-corrected chi connectivity index (χ3v) is 4.73. The van der Waals surface area contributed by atoms with Crippen LogP contribution in [0.15, 0.2) is 6.07 Å². The van der Waals surface area contributed by atoms with Crippen LogP contribution in [0.3, 0.4) is 0 Å². The molecule has 2 aromatic rings. The lowest BCUT2D eigenvalue weighted by atomic mass is 10.00. The molecule has 0 fully saturated rings. The lowest BCUT2D eigenvalue weighted by Gasteiger charge is -2.29. The summed E-state index contributed by atoms with van der Waals surface area (Å²) in [6, 6.07) is -0.198. The molecular weight excluding hydrogens is 404 g/mol. The Hall–Kier alpha value is -2.63. The van der Waals surface area contributed by atoms with Gasteiger partial charge >= 0.3 is 6.18 Å². The molecule has 0 bridgehead atoms. The topological polar surface area (TPSA) is 77.0 Å². The van der Waals surface area contributed by atoms with Gasteiger partial charge in [0, 0.05) is 31.1 Å². The van der Waals surface area contributed by atoms with E-state index in [1.165, 1.54) is 4.90 Å². The van der Waals surface area contributed by atoms with Crippen molar-refractivity contribution >= 4 is 5.91 Å². The molecule has 2 heterocycles. The summed E-state index contributed by atoms with van der Waals surface area (Å²) < 4.78 is 80.4. The van der Waals surface area contributed by atoms with Gasteiger partial charge in [0.15, 0.2) is 17.5 Å². The Morgan fingerprint density at radius 2 is 1.90 bits per heavy atom. The number of carbonyl (C=O) groups excluding carboxylic acids is 1. The lowest BCUT2D eigenvalue weighted by Crippen LogP contribution is -2.42. The van der Waals surface area contributed by atoms with E-state index in [0.29, 0.717) is 6.07 Å². The maximum Gasteiger partial charge on any atom is 0.451 e. The minimum atomic E-state index is -4.65. The van der Waals surface area contributed by atoms with Crippen LogP contribution >= 0.6 is 0 Å². The number of amides is 1. The predicted molar refractivity (Wildman–Crippen MR) is 87.8 cm³/mol. The van der Waals surface area contributed by atoms with Gasteiger partial charge in [-0.05, 0) is 25.0 Å². The molecule has 2 N–H and O–H groups in total. The first-order valence-corrected chi connectivity index (χ1v) is 8.64. The number of fused-ring (bicyclic) bond motifs is 1. The van der Waals surface area contributed by atoms with Gasteiger partial charge in [0.2, 0.25) is 11.7 Å². The van der Waals surface area contributed by atoms with Gasteiger partial charge in [-0.1, -0.05) is 0 Å². The van der Waals surface area contributed by atoms with E-state index in [9.17, 15) is 31.1 Å². The molecule has 158 valence electrons. The number of alkyl halides is 3. The van der Waals surface area contributed by atoms with E-state index in [2.05, 4.69) is 10.2 Å². The van der Waals surface area contributed by atoms with Gasteiger partial charge in [0.05, 0.1) is 6.54 Å². The van der Waals surface area contributed by atoms with Gasteiger partial charge in [-0.25, -0.2) is 13.2 Å². The van der Waals surface area contributed by atoms with Crippen molar-refractivity contribution in [3.8, 4) is 0 Å². The van der Waals surface area contributed by atoms with Crippen molar-refractivity contribution in [2.45, 2.75) is 45.1 Å². The number of rotatable bonds is 4. The van der Waals surface area contributed by atoms with Crippen LogP contribution in [0.4, 0.5) is 26.3 Å². The van der Waals surface area contributed by atoms with Crippen molar-refractivity contribution in [2.24, 2.45) is 5.73 Å². The number of benzene rings is 1. The van der Waals surface area contributed by atoms with E-state index in [0.717, 1.165) is 11.5 Å². The van der Waals surface area contributed by atoms with E-state index < -0.39 is 47.0 Å². The molecule has 1 aromatic carbocycles. The van der Waals surface area contributed by atoms with Gasteiger partial charge < -0.3 is 15.2 Å². The number of carbonyl (C=O) groups is 1. The molecule has 6 nitrogen and oxygen atoms in total. The number of hydrogen-bond donors (Lipinski definition) is 1. The molecule has 0 saturated carbocycles. The monoisotopic (exact) mass is 421 g/mol. The quantitative estimate of drug-likeness (QED) is 0.607. The van der Waals surface area contributed by atoms with E-state index in [-0.39, 0.29) is 43.9 Å². The molecule has 1 amide bonds. The van der Waals surface area contributed by atoms with Crippen LogP contribution in [0.5, 0.6) is 0 Å². The molecular formula is C17H17F6N5O. The highest BCUT2D eigenvalue weighted by atomic mass is 19.4. The Morgan fingerprint density at radius 3 is 2.55 bits per heavy atom. The summed E-state index contributed by atoms with van der Waals surface area (Å²) in [7, 11) is 0. The van der Waals surface area contributed by atoms with Gasteiger partial charge in [0.25, 0.3) is 0 Å². The molecule has 0 radical (unpaired) electrons. The minimum Gasteiger partial charge on any atom is -0.333 e. The first kappa shape index (κ1) is 21.1. The highest BCUT2D eigenvalue weighted by Crippen LogP contribution is 2.29. The summed E-state index contributed by atoms with van der Waals surface area (Å²) >= 11 is 0. The van der Waals surface area contributed by atoms with Crippen LogP contribution in [0.1, 0.15) is 29.2 Å². The van der Waals surface area contributed by atoms with E-state index in [1.54, 1.807) is 0 Å². The summed E-state index contributed by atoms with van der Waals surface area (Å²) in [4.78, 5) is 13.7. The molecule has 1 aliphatic heterocycles. The smallest absolute Gasteiger partial charge is 0.333 e. The SMILES string of the molecule is Cc1c(F)c(F)cc(C[C@@H](N)CC(=O)N2CCn3c(nnc3C(F)(F)F)C2)c1F. The Morgan fingerprint density at radius 1 is 1.21 bits per heavy atom. The zero-order valence-electron chi connectivity index (χ0n) is 15.2. The molecule has 1 aliphatic rings. The van der Waals surface area contributed by atoms with Crippen molar-refractivity contribution < 1.29 is 31.1 Å². The maximum atomic E-state index is 14.1. The van der Waals surface area contributed by atoms with Crippen LogP contribution in [0.25, 0.3) is 0 Å². The summed E-state index contributed by atoms with van der Waals surface area (Å²) in [5, 5.41) is 6.61. The van der Waals surface area contributed by atoms with Gasteiger partial charge in [-0.15, -0.1) is 10.2 Å². The highest BCUT2D eigenvalue weighted by Gasteiger charge is 2.40. The number of aromatic nitrogens is 3. The first-order chi connectivity index (χ1) is 13.5. The Labute approximate surface area is 161 Å². The predicted octanol–water partition coefficient (Wildman–Crippen LogP) is 2.32. The average Bonchev–Trinajstić information content (AvgIpc) is 3.07. The van der Waals surface area contributed by atoms with E-state index in [1.807, 2.05) is 0 Å². The summed E-state index contributed by atoms with van der Waals surface area (Å²) in [5.74, 6) is -5.04. The third kappa shape index (κ3) is 4.21. The molecule has 0 aliphatic carbocycles.